The van der Waals surface area contributed by atoms with Gasteiger partial charge in [-0.15, -0.1) is 0 Å². The van der Waals surface area contributed by atoms with Crippen molar-refractivity contribution in [3.63, 3.8) is 0 Å². The van der Waals surface area contributed by atoms with E-state index >= 15 is 0 Å². The van der Waals surface area contributed by atoms with E-state index in [0.29, 0.717) is 16.3 Å². The van der Waals surface area contributed by atoms with Crippen LogP contribution in [0.2, 0.25) is 5.02 Å². The standard InChI is InChI=1S/C12H12ClNO4/c1-17-10(18-2)6-14-9-5-7(13)3-4-8(9)11(15)12(14)16/h3-5,10H,6H2,1-2H3. The fourth-order valence-electron chi connectivity index (χ4n) is 1.84. The average molecular weight is 270 g/mol. The lowest BCUT2D eigenvalue weighted by Crippen LogP contribution is -2.38. The molecule has 0 atom stereocenters. The first-order valence-electron chi connectivity index (χ1n) is 5.29. The molecule has 1 aliphatic heterocycles. The van der Waals surface area contributed by atoms with Gasteiger partial charge in [0.05, 0.1) is 17.8 Å². The number of ether oxygens (including phenoxy) is 2. The summed E-state index contributed by atoms with van der Waals surface area (Å²) in [4.78, 5) is 24.9. The van der Waals surface area contributed by atoms with Gasteiger partial charge in [0.2, 0.25) is 0 Å². The van der Waals surface area contributed by atoms with Crippen molar-refractivity contribution in [2.75, 3.05) is 25.7 Å². The molecule has 0 radical (unpaired) electrons. The van der Waals surface area contributed by atoms with Crippen molar-refractivity contribution in [3.05, 3.63) is 28.8 Å². The van der Waals surface area contributed by atoms with Crippen molar-refractivity contribution in [3.8, 4) is 0 Å². The summed E-state index contributed by atoms with van der Waals surface area (Å²) in [5, 5.41) is 0.465. The van der Waals surface area contributed by atoms with Crippen molar-refractivity contribution in [2.24, 2.45) is 0 Å². The van der Waals surface area contributed by atoms with Gasteiger partial charge in [0.1, 0.15) is 0 Å². The summed E-state index contributed by atoms with van der Waals surface area (Å²) < 4.78 is 10.1. The smallest absolute Gasteiger partial charge is 0.299 e. The Morgan fingerprint density at radius 1 is 1.28 bits per heavy atom. The number of fused-ring (bicyclic) bond motifs is 1. The van der Waals surface area contributed by atoms with Gasteiger partial charge >= 0.3 is 0 Å². The molecular weight excluding hydrogens is 258 g/mol. The summed E-state index contributed by atoms with van der Waals surface area (Å²) in [6.07, 6.45) is -0.591. The Morgan fingerprint density at radius 3 is 2.56 bits per heavy atom. The van der Waals surface area contributed by atoms with Gasteiger partial charge in [0.25, 0.3) is 11.7 Å². The fourth-order valence-corrected chi connectivity index (χ4v) is 2.01. The lowest BCUT2D eigenvalue weighted by atomic mass is 10.1. The average Bonchev–Trinajstić information content (AvgIpc) is 2.60. The van der Waals surface area contributed by atoms with Crippen molar-refractivity contribution >= 4 is 29.0 Å². The molecule has 1 aromatic carbocycles. The maximum absolute atomic E-state index is 11.9. The van der Waals surface area contributed by atoms with Crippen LogP contribution in [0.1, 0.15) is 10.4 Å². The Kier molecular flexibility index (Phi) is 3.65. The van der Waals surface area contributed by atoms with Crippen LogP contribution in [0.3, 0.4) is 0 Å². The summed E-state index contributed by atoms with van der Waals surface area (Å²) in [5.41, 5.74) is 0.854. The van der Waals surface area contributed by atoms with Gasteiger partial charge in [-0.05, 0) is 18.2 Å². The number of nitrogens with zero attached hydrogens (tertiary/aromatic N) is 1. The normalized spacial score (nSPS) is 14.6. The van der Waals surface area contributed by atoms with E-state index in [2.05, 4.69) is 0 Å². The van der Waals surface area contributed by atoms with Crippen LogP contribution in [0.15, 0.2) is 18.2 Å². The Morgan fingerprint density at radius 2 is 1.94 bits per heavy atom. The van der Waals surface area contributed by atoms with Crippen molar-refractivity contribution < 1.29 is 19.1 Å². The molecule has 0 bridgehead atoms. The molecule has 0 aromatic heterocycles. The maximum atomic E-state index is 11.9. The highest BCUT2D eigenvalue weighted by Crippen LogP contribution is 2.31. The van der Waals surface area contributed by atoms with Gasteiger partial charge in [0, 0.05) is 19.2 Å². The summed E-state index contributed by atoms with van der Waals surface area (Å²) in [6.45, 7) is 0.144. The quantitative estimate of drug-likeness (QED) is 0.614. The molecule has 1 heterocycles. The highest BCUT2D eigenvalue weighted by molar-refractivity contribution is 6.52. The van der Waals surface area contributed by atoms with Crippen LogP contribution in [-0.2, 0) is 14.3 Å². The van der Waals surface area contributed by atoms with E-state index in [1.807, 2.05) is 0 Å². The SMILES string of the molecule is COC(CN1C(=O)C(=O)c2ccc(Cl)cc21)OC. The first-order valence-corrected chi connectivity index (χ1v) is 5.67. The van der Waals surface area contributed by atoms with Gasteiger partial charge in [-0.1, -0.05) is 11.6 Å². The number of ketones is 1. The number of amides is 1. The number of benzene rings is 1. The molecule has 1 amide bonds. The molecule has 0 aliphatic carbocycles. The van der Waals surface area contributed by atoms with E-state index in [1.54, 1.807) is 18.2 Å². The monoisotopic (exact) mass is 269 g/mol. The Hall–Kier alpha value is -1.43. The predicted octanol–water partition coefficient (Wildman–Crippen LogP) is 1.49. The molecule has 0 unspecified atom stereocenters. The topological polar surface area (TPSA) is 55.8 Å². The molecule has 0 spiro atoms. The van der Waals surface area contributed by atoms with Crippen LogP contribution < -0.4 is 4.90 Å². The zero-order chi connectivity index (χ0) is 13.3. The van der Waals surface area contributed by atoms with Crippen LogP contribution in [0.25, 0.3) is 0 Å². The van der Waals surface area contributed by atoms with Crippen LogP contribution in [0, 0.1) is 0 Å². The van der Waals surface area contributed by atoms with Crippen LogP contribution in [0.4, 0.5) is 5.69 Å². The predicted molar refractivity (Wildman–Crippen MR) is 65.9 cm³/mol. The van der Waals surface area contributed by atoms with E-state index < -0.39 is 18.0 Å². The van der Waals surface area contributed by atoms with Crippen molar-refractivity contribution in [1.82, 2.24) is 0 Å². The number of Topliss-reactive ketones (excluding diaryl/α,β-unsaturated/α-hetero) is 1. The van der Waals surface area contributed by atoms with E-state index in [4.69, 9.17) is 21.1 Å². The van der Waals surface area contributed by atoms with Crippen molar-refractivity contribution in [2.45, 2.75) is 6.29 Å². The first kappa shape index (κ1) is 13.0. The van der Waals surface area contributed by atoms with Gasteiger partial charge in [-0.2, -0.15) is 0 Å². The van der Waals surface area contributed by atoms with E-state index in [9.17, 15) is 9.59 Å². The minimum atomic E-state index is -0.591. The zero-order valence-electron chi connectivity index (χ0n) is 9.97. The lowest BCUT2D eigenvalue weighted by molar-refractivity contribution is -0.119. The molecule has 5 nitrogen and oxygen atoms in total. The number of hydrogen-bond acceptors (Lipinski definition) is 4. The summed E-state index contributed by atoms with van der Waals surface area (Å²) in [5.74, 6) is -1.13. The third-order valence-corrected chi connectivity index (χ3v) is 3.03. The van der Waals surface area contributed by atoms with E-state index in [0.717, 1.165) is 0 Å². The molecule has 1 aliphatic rings. The molecule has 96 valence electrons. The Balaban J connectivity index is 2.35. The number of halogens is 1. The van der Waals surface area contributed by atoms with Gasteiger partial charge in [-0.3, -0.25) is 14.5 Å². The maximum Gasteiger partial charge on any atom is 0.299 e. The number of methoxy groups -OCH3 is 2. The highest BCUT2D eigenvalue weighted by Gasteiger charge is 2.37. The second-order valence-corrected chi connectivity index (χ2v) is 4.24. The van der Waals surface area contributed by atoms with Crippen LogP contribution >= 0.6 is 11.6 Å². The first-order chi connectivity index (χ1) is 8.58. The number of anilines is 1. The largest absolute Gasteiger partial charge is 0.354 e. The third kappa shape index (κ3) is 2.12. The van der Waals surface area contributed by atoms with E-state index in [-0.39, 0.29) is 6.54 Å². The highest BCUT2D eigenvalue weighted by atomic mass is 35.5. The number of carbonyl (C=O) groups is 2. The van der Waals surface area contributed by atoms with Crippen molar-refractivity contribution in [1.29, 1.82) is 0 Å². The van der Waals surface area contributed by atoms with E-state index in [1.165, 1.54) is 19.1 Å². The summed E-state index contributed by atoms with van der Waals surface area (Å²) in [6, 6.07) is 4.72. The minimum absolute atomic E-state index is 0.144. The molecule has 0 saturated carbocycles. The second-order valence-electron chi connectivity index (χ2n) is 3.81. The van der Waals surface area contributed by atoms with Gasteiger partial charge < -0.3 is 9.47 Å². The molecule has 1 aromatic rings. The fraction of sp³-hybridized carbons (Fsp3) is 0.333. The number of rotatable bonds is 4. The molecule has 18 heavy (non-hydrogen) atoms. The molecule has 0 fully saturated rings. The van der Waals surface area contributed by atoms with Crippen LogP contribution in [-0.4, -0.2) is 38.7 Å². The Labute approximate surface area is 109 Å². The molecule has 0 N–H and O–H groups in total. The molecule has 6 heteroatoms. The Bertz CT molecular complexity index is 499. The van der Waals surface area contributed by atoms with Crippen LogP contribution in [0.5, 0.6) is 0 Å². The minimum Gasteiger partial charge on any atom is -0.354 e. The number of carbonyl (C=O) groups excluding carboxylic acids is 2. The third-order valence-electron chi connectivity index (χ3n) is 2.79. The van der Waals surface area contributed by atoms with Gasteiger partial charge in [0.15, 0.2) is 6.29 Å². The molecular formula is C12H12ClNO4. The number of hydrogen-bond donors (Lipinski definition) is 0. The molecule has 0 saturated heterocycles. The summed E-state index contributed by atoms with van der Waals surface area (Å²) >= 11 is 5.88. The lowest BCUT2D eigenvalue weighted by Gasteiger charge is -2.21. The van der Waals surface area contributed by atoms with Gasteiger partial charge in [-0.25, -0.2) is 0 Å². The zero-order valence-corrected chi connectivity index (χ0v) is 10.7. The second kappa shape index (κ2) is 5.06. The molecule has 2 rings (SSSR count). The summed E-state index contributed by atoms with van der Waals surface area (Å²) in [7, 11) is 2.94.